The van der Waals surface area contributed by atoms with Crippen molar-refractivity contribution < 1.29 is 9.53 Å². The molecule has 4 heteroatoms. The number of benzene rings is 1. The van der Waals surface area contributed by atoms with Crippen molar-refractivity contribution in [2.24, 2.45) is 0 Å². The number of hydrogen-bond acceptors (Lipinski definition) is 4. The second kappa shape index (κ2) is 7.61. The summed E-state index contributed by atoms with van der Waals surface area (Å²) >= 11 is 1.99. The Morgan fingerprint density at radius 1 is 1.28 bits per heavy atom. The monoisotopic (exact) mass is 355 g/mol. The van der Waals surface area contributed by atoms with Gasteiger partial charge in [-0.3, -0.25) is 4.98 Å². The van der Waals surface area contributed by atoms with Gasteiger partial charge in [0.25, 0.3) is 0 Å². The lowest BCUT2D eigenvalue weighted by atomic mass is 9.79. The average Bonchev–Trinajstić information content (AvgIpc) is 2.60. The smallest absolute Gasteiger partial charge is 0.339 e. The Bertz CT molecular complexity index is 740. The summed E-state index contributed by atoms with van der Waals surface area (Å²) in [5.74, 6) is -0.303. The minimum Gasteiger partial charge on any atom is -0.462 e. The molecule has 25 heavy (non-hydrogen) atoms. The van der Waals surface area contributed by atoms with Gasteiger partial charge in [-0.1, -0.05) is 32.0 Å². The Morgan fingerprint density at radius 3 is 2.80 bits per heavy atom. The van der Waals surface area contributed by atoms with E-state index < -0.39 is 0 Å². The van der Waals surface area contributed by atoms with E-state index in [-0.39, 0.29) is 11.4 Å². The van der Waals surface area contributed by atoms with E-state index in [4.69, 9.17) is 4.74 Å². The molecule has 0 bridgehead atoms. The molecule has 1 atom stereocenters. The van der Waals surface area contributed by atoms with Crippen LogP contribution in [0.25, 0.3) is 0 Å². The van der Waals surface area contributed by atoms with Crippen LogP contribution in [-0.4, -0.2) is 22.8 Å². The maximum absolute atomic E-state index is 11.7. The van der Waals surface area contributed by atoms with Crippen molar-refractivity contribution in [2.45, 2.75) is 55.6 Å². The Balaban J connectivity index is 1.62. The summed E-state index contributed by atoms with van der Waals surface area (Å²) in [6.45, 7) is 6.87. The van der Waals surface area contributed by atoms with Crippen LogP contribution in [0, 0.1) is 0 Å². The number of aryl methyl sites for hydroxylation is 1. The van der Waals surface area contributed by atoms with E-state index in [1.165, 1.54) is 16.9 Å². The number of fused-ring (bicyclic) bond motifs is 1. The van der Waals surface area contributed by atoms with Crippen LogP contribution < -0.4 is 0 Å². The molecule has 0 saturated heterocycles. The maximum Gasteiger partial charge on any atom is 0.339 e. The number of hydrogen-bond donors (Lipinski definition) is 0. The Kier molecular flexibility index (Phi) is 5.48. The summed E-state index contributed by atoms with van der Waals surface area (Å²) in [6, 6.07) is 12.5. The predicted molar refractivity (Wildman–Crippen MR) is 102 cm³/mol. The van der Waals surface area contributed by atoms with Gasteiger partial charge in [0, 0.05) is 22.0 Å². The van der Waals surface area contributed by atoms with Gasteiger partial charge in [-0.25, -0.2) is 4.79 Å². The zero-order chi connectivity index (χ0) is 17.9. The highest BCUT2D eigenvalue weighted by Crippen LogP contribution is 2.46. The van der Waals surface area contributed by atoms with Crippen molar-refractivity contribution in [2.75, 3.05) is 6.61 Å². The van der Waals surface area contributed by atoms with Crippen molar-refractivity contribution >= 4 is 17.7 Å². The van der Waals surface area contributed by atoms with Gasteiger partial charge in [0.2, 0.25) is 0 Å². The lowest BCUT2D eigenvalue weighted by Crippen LogP contribution is -2.28. The third-order valence-electron chi connectivity index (χ3n) is 4.71. The molecule has 1 aromatic carbocycles. The number of esters is 1. The summed E-state index contributed by atoms with van der Waals surface area (Å²) in [4.78, 5) is 17.5. The molecule has 2 heterocycles. The van der Waals surface area contributed by atoms with E-state index in [1.807, 2.05) is 23.9 Å². The molecule has 0 radical (unpaired) electrons. The quantitative estimate of drug-likeness (QED) is 0.705. The summed E-state index contributed by atoms with van der Waals surface area (Å²) in [7, 11) is 0. The first-order valence-corrected chi connectivity index (χ1v) is 9.76. The fourth-order valence-electron chi connectivity index (χ4n) is 3.41. The number of thioether (sulfide) groups is 1. The molecule has 0 N–H and O–H groups in total. The van der Waals surface area contributed by atoms with Gasteiger partial charge in [0.1, 0.15) is 0 Å². The molecule has 1 unspecified atom stereocenters. The third-order valence-corrected chi connectivity index (χ3v) is 6.05. The van der Waals surface area contributed by atoms with Gasteiger partial charge < -0.3 is 4.74 Å². The van der Waals surface area contributed by atoms with Crippen molar-refractivity contribution in [1.82, 2.24) is 4.98 Å². The van der Waals surface area contributed by atoms with E-state index in [9.17, 15) is 4.79 Å². The third kappa shape index (κ3) is 4.24. The Labute approximate surface area is 154 Å². The highest BCUT2D eigenvalue weighted by atomic mass is 32.2. The molecule has 1 aliphatic rings. The number of rotatable bonds is 5. The molecule has 1 aliphatic heterocycles. The van der Waals surface area contributed by atoms with Gasteiger partial charge in [-0.2, -0.15) is 0 Å². The fourth-order valence-corrected chi connectivity index (χ4v) is 5.13. The molecule has 0 fully saturated rings. The van der Waals surface area contributed by atoms with Crippen LogP contribution >= 0.6 is 11.8 Å². The summed E-state index contributed by atoms with van der Waals surface area (Å²) in [5.41, 5.74) is 3.24. The van der Waals surface area contributed by atoms with E-state index in [0.717, 1.165) is 18.5 Å². The fraction of sp³-hybridized carbons (Fsp3) is 0.429. The molecular weight excluding hydrogens is 330 g/mol. The van der Waals surface area contributed by atoms with Crippen LogP contribution in [0.5, 0.6) is 0 Å². The van der Waals surface area contributed by atoms with Gasteiger partial charge in [0.05, 0.1) is 12.2 Å². The molecule has 0 amide bonds. The van der Waals surface area contributed by atoms with Gasteiger partial charge in [-0.05, 0) is 55.4 Å². The van der Waals surface area contributed by atoms with Crippen molar-refractivity contribution in [3.05, 3.63) is 59.4 Å². The molecule has 3 rings (SSSR count). The second-order valence-electron chi connectivity index (χ2n) is 7.12. The van der Waals surface area contributed by atoms with Crippen LogP contribution in [0.1, 0.15) is 55.2 Å². The Morgan fingerprint density at radius 2 is 2.08 bits per heavy atom. The molecule has 2 aromatic rings. The van der Waals surface area contributed by atoms with Crippen LogP contribution in [0.4, 0.5) is 0 Å². The lowest BCUT2D eigenvalue weighted by molar-refractivity contribution is 0.0526. The number of carbonyl (C=O) groups excluding carboxylic acids is 1. The summed E-state index contributed by atoms with van der Waals surface area (Å²) in [6.07, 6.45) is 4.82. The van der Waals surface area contributed by atoms with Gasteiger partial charge >= 0.3 is 5.97 Å². The maximum atomic E-state index is 11.7. The van der Waals surface area contributed by atoms with E-state index in [2.05, 4.69) is 43.1 Å². The number of carbonyl (C=O) groups is 1. The van der Waals surface area contributed by atoms with Crippen LogP contribution in [-0.2, 0) is 16.6 Å². The molecule has 1 aromatic heterocycles. The first-order valence-electron chi connectivity index (χ1n) is 8.88. The van der Waals surface area contributed by atoms with Crippen molar-refractivity contribution in [1.29, 1.82) is 0 Å². The van der Waals surface area contributed by atoms with E-state index in [0.29, 0.717) is 17.4 Å². The molecule has 0 saturated carbocycles. The van der Waals surface area contributed by atoms with E-state index in [1.54, 1.807) is 13.1 Å². The highest BCUT2D eigenvalue weighted by molar-refractivity contribution is 8.00. The topological polar surface area (TPSA) is 39.2 Å². The van der Waals surface area contributed by atoms with Crippen molar-refractivity contribution in [3.63, 3.8) is 0 Å². The lowest BCUT2D eigenvalue weighted by Gasteiger charge is -2.37. The van der Waals surface area contributed by atoms with E-state index >= 15 is 0 Å². The number of nitrogens with zero attached hydrogens (tertiary/aromatic N) is 1. The first-order chi connectivity index (χ1) is 12.0. The minimum absolute atomic E-state index is 0.216. The zero-order valence-corrected chi connectivity index (χ0v) is 15.9. The second-order valence-corrected chi connectivity index (χ2v) is 8.46. The number of pyridine rings is 1. The van der Waals surface area contributed by atoms with Gasteiger partial charge in [-0.15, -0.1) is 11.8 Å². The SMILES string of the molecule is CCOC(=O)c1ccc(CCC2CC(C)(C)c3ccccc3S2)nc1. The largest absolute Gasteiger partial charge is 0.462 e. The van der Waals surface area contributed by atoms with Crippen molar-refractivity contribution in [3.8, 4) is 0 Å². The Hall–Kier alpha value is -1.81. The van der Waals surface area contributed by atoms with Crippen LogP contribution in [0.15, 0.2) is 47.5 Å². The summed E-state index contributed by atoms with van der Waals surface area (Å²) < 4.78 is 5.00. The average molecular weight is 356 g/mol. The number of aromatic nitrogens is 1. The molecule has 132 valence electrons. The first kappa shape index (κ1) is 18.0. The molecule has 0 aliphatic carbocycles. The van der Waals surface area contributed by atoms with Gasteiger partial charge in [0.15, 0.2) is 0 Å². The number of ether oxygens (including phenoxy) is 1. The summed E-state index contributed by atoms with van der Waals surface area (Å²) in [5, 5.41) is 0.594. The molecular formula is C21H25NO2S. The predicted octanol–water partition coefficient (Wildman–Crippen LogP) is 5.03. The standard InChI is InChI=1S/C21H25NO2S/c1-4-24-20(23)15-9-10-16(22-14-15)11-12-17-13-21(2,3)18-7-5-6-8-19(18)25-17/h5-10,14,17H,4,11-13H2,1-3H3. The van der Waals surface area contributed by atoms with Crippen LogP contribution in [0.3, 0.4) is 0 Å². The normalized spacial score (nSPS) is 18.4. The highest BCUT2D eigenvalue weighted by Gasteiger charge is 2.32. The zero-order valence-electron chi connectivity index (χ0n) is 15.1. The molecule has 3 nitrogen and oxygen atoms in total. The van der Waals surface area contributed by atoms with Crippen LogP contribution in [0.2, 0.25) is 0 Å². The molecule has 0 spiro atoms. The minimum atomic E-state index is -0.303.